The molecule has 2 unspecified atom stereocenters. The number of hydrogen-bond acceptors (Lipinski definition) is 8. The van der Waals surface area contributed by atoms with Crippen LogP contribution in [0.5, 0.6) is 0 Å². The minimum absolute atomic E-state index is 0.0461. The van der Waals surface area contributed by atoms with Crippen LogP contribution in [0.4, 0.5) is 0 Å². The zero-order chi connectivity index (χ0) is 55.9. The van der Waals surface area contributed by atoms with E-state index in [9.17, 15) is 19.0 Å². The highest BCUT2D eigenvalue weighted by Gasteiger charge is 2.26. The third kappa shape index (κ3) is 61.2. The van der Waals surface area contributed by atoms with Crippen molar-refractivity contribution in [1.82, 2.24) is 0 Å². The lowest BCUT2D eigenvalue weighted by Gasteiger charge is -2.19. The van der Waals surface area contributed by atoms with E-state index < -0.39 is 32.5 Å². The molecule has 0 aromatic carbocycles. The van der Waals surface area contributed by atoms with Gasteiger partial charge in [-0.05, 0) is 116 Å². The maximum atomic E-state index is 12.7. The number of phosphoric acid groups is 1. The van der Waals surface area contributed by atoms with E-state index in [-0.39, 0.29) is 32.6 Å². The molecule has 2 atom stereocenters. The van der Waals surface area contributed by atoms with Gasteiger partial charge in [0, 0.05) is 19.4 Å². The first-order valence-corrected chi connectivity index (χ1v) is 32.2. The monoisotopic (exact) mass is 1090 g/mol. The van der Waals surface area contributed by atoms with Crippen LogP contribution < -0.4 is 5.73 Å². The molecule has 0 aromatic heterocycles. The van der Waals surface area contributed by atoms with Crippen molar-refractivity contribution >= 4 is 19.8 Å². The van der Waals surface area contributed by atoms with Crippen LogP contribution in [0.3, 0.4) is 0 Å². The normalized spacial score (nSPS) is 14.0. The molecule has 0 rings (SSSR count). The summed E-state index contributed by atoms with van der Waals surface area (Å²) < 4.78 is 33.0. The highest BCUT2D eigenvalue weighted by Crippen LogP contribution is 2.43. The molecule has 0 spiro atoms. The summed E-state index contributed by atoms with van der Waals surface area (Å²) in [6, 6.07) is 0. The Labute approximate surface area is 472 Å². The van der Waals surface area contributed by atoms with Crippen LogP contribution in [0.25, 0.3) is 0 Å². The fourth-order valence-corrected chi connectivity index (χ4v) is 8.78. The summed E-state index contributed by atoms with van der Waals surface area (Å²) in [5.41, 5.74) is 5.38. The Morgan fingerprint density at radius 1 is 0.403 bits per heavy atom. The Morgan fingerprint density at radius 3 is 1.06 bits per heavy atom. The Bertz CT molecular complexity index is 1720. The van der Waals surface area contributed by atoms with Crippen molar-refractivity contribution in [2.24, 2.45) is 5.73 Å². The fraction of sp³-hybridized carbons (Fsp3) is 0.642. The predicted octanol–water partition coefficient (Wildman–Crippen LogP) is 19.7. The number of phosphoric ester groups is 1. The lowest BCUT2D eigenvalue weighted by molar-refractivity contribution is -0.161. The molecule has 77 heavy (non-hydrogen) atoms. The van der Waals surface area contributed by atoms with Crippen LogP contribution in [0, 0.1) is 0 Å². The summed E-state index contributed by atoms with van der Waals surface area (Å²) in [4.78, 5) is 35.2. The lowest BCUT2D eigenvalue weighted by Crippen LogP contribution is -2.29. The Kier molecular flexibility index (Phi) is 58.3. The maximum Gasteiger partial charge on any atom is 0.472 e. The molecule has 0 saturated heterocycles. The number of nitrogens with two attached hydrogens (primary N) is 1. The number of carbonyl (C=O) groups is 2. The number of ether oxygens (including phenoxy) is 2. The molecule has 0 aliphatic heterocycles. The van der Waals surface area contributed by atoms with Crippen molar-refractivity contribution in [3.05, 3.63) is 134 Å². The van der Waals surface area contributed by atoms with E-state index in [1.165, 1.54) is 89.9 Å². The van der Waals surface area contributed by atoms with Crippen molar-refractivity contribution in [3.63, 3.8) is 0 Å². The zero-order valence-electron chi connectivity index (χ0n) is 48.9. The number of carbonyl (C=O) groups excluding carboxylic acids is 2. The molecule has 0 bridgehead atoms. The molecule has 0 aliphatic rings. The van der Waals surface area contributed by atoms with Crippen molar-refractivity contribution in [2.75, 3.05) is 26.4 Å². The topological polar surface area (TPSA) is 134 Å². The van der Waals surface area contributed by atoms with Gasteiger partial charge in [-0.1, -0.05) is 250 Å². The number of rotatable bonds is 56. The number of unbranched alkanes of at least 4 members (excludes halogenated alkanes) is 21. The van der Waals surface area contributed by atoms with Gasteiger partial charge in [0.15, 0.2) is 6.10 Å². The summed E-state index contributed by atoms with van der Waals surface area (Å²) in [7, 11) is -4.40. The molecule has 0 saturated carbocycles. The van der Waals surface area contributed by atoms with E-state index in [1.807, 2.05) is 0 Å². The van der Waals surface area contributed by atoms with Gasteiger partial charge in [0.25, 0.3) is 0 Å². The third-order valence-electron chi connectivity index (χ3n) is 12.5. The molecule has 0 fully saturated rings. The molecular weight excluding hydrogens is 978 g/mol. The second kappa shape index (κ2) is 61.4. The first-order valence-electron chi connectivity index (χ1n) is 30.7. The predicted molar refractivity (Wildman–Crippen MR) is 330 cm³/mol. The largest absolute Gasteiger partial charge is 0.472 e. The number of esters is 2. The smallest absolute Gasteiger partial charge is 0.462 e. The number of hydrogen-bond donors (Lipinski definition) is 2. The average molecular weight is 1090 g/mol. The van der Waals surface area contributed by atoms with E-state index in [4.69, 9.17) is 24.3 Å². The van der Waals surface area contributed by atoms with Gasteiger partial charge in [-0.2, -0.15) is 0 Å². The van der Waals surface area contributed by atoms with Crippen molar-refractivity contribution < 1.29 is 37.6 Å². The van der Waals surface area contributed by atoms with Crippen molar-refractivity contribution in [1.29, 1.82) is 0 Å². The molecule has 0 heterocycles. The van der Waals surface area contributed by atoms with Crippen LogP contribution in [0.1, 0.15) is 245 Å². The summed E-state index contributed by atoms with van der Waals surface area (Å²) in [5.74, 6) is -0.845. The SMILES string of the molecule is CC/C=C\C/C=C\C/C=C\C/C=C\C/C=C\C/C=C\C/C=C\C/C=C\C/C=C\CCCCCCCCCCCCCC(=O)OC(COC(=O)CCCCCCCCC/C=C\C/C=C\CCCCC)COP(=O)(O)OCCN. The molecule has 10 heteroatoms. The Morgan fingerprint density at radius 2 is 0.714 bits per heavy atom. The first-order chi connectivity index (χ1) is 37.8. The summed E-state index contributed by atoms with van der Waals surface area (Å²) >= 11 is 0. The van der Waals surface area contributed by atoms with E-state index in [1.54, 1.807) is 0 Å². The maximum absolute atomic E-state index is 12.7. The highest BCUT2D eigenvalue weighted by molar-refractivity contribution is 7.47. The molecule has 0 radical (unpaired) electrons. The van der Waals surface area contributed by atoms with E-state index in [0.29, 0.717) is 6.42 Å². The second-order valence-corrected chi connectivity index (χ2v) is 21.3. The summed E-state index contributed by atoms with van der Waals surface area (Å²) in [6.45, 7) is 3.58. The molecule has 0 aromatic rings. The van der Waals surface area contributed by atoms with Gasteiger partial charge in [0.05, 0.1) is 13.2 Å². The van der Waals surface area contributed by atoms with Gasteiger partial charge in [0.1, 0.15) is 6.61 Å². The summed E-state index contributed by atoms with van der Waals surface area (Å²) in [5, 5.41) is 0. The molecule has 0 aliphatic carbocycles. The molecule has 3 N–H and O–H groups in total. The minimum atomic E-state index is -4.40. The molecular formula is C67H112NO8P. The van der Waals surface area contributed by atoms with Gasteiger partial charge in [-0.3, -0.25) is 18.6 Å². The average Bonchev–Trinajstić information content (AvgIpc) is 3.42. The minimum Gasteiger partial charge on any atom is -0.462 e. The van der Waals surface area contributed by atoms with Crippen LogP contribution >= 0.6 is 7.82 Å². The Hall–Kier alpha value is -3.85. The highest BCUT2D eigenvalue weighted by atomic mass is 31.2. The second-order valence-electron chi connectivity index (χ2n) is 19.8. The van der Waals surface area contributed by atoms with Crippen LogP contribution in [0.15, 0.2) is 134 Å². The van der Waals surface area contributed by atoms with Gasteiger partial charge < -0.3 is 20.1 Å². The fourth-order valence-electron chi connectivity index (χ4n) is 8.01. The summed E-state index contributed by atoms with van der Waals surface area (Å²) in [6.07, 6.45) is 86.5. The number of allylic oxidation sites excluding steroid dienone is 22. The van der Waals surface area contributed by atoms with Crippen LogP contribution in [-0.2, 0) is 32.7 Å². The molecule has 438 valence electrons. The van der Waals surface area contributed by atoms with Gasteiger partial charge >= 0.3 is 19.8 Å². The van der Waals surface area contributed by atoms with E-state index in [0.717, 1.165) is 122 Å². The van der Waals surface area contributed by atoms with Crippen molar-refractivity contribution in [2.45, 2.75) is 251 Å². The lowest BCUT2D eigenvalue weighted by atomic mass is 10.0. The third-order valence-corrected chi connectivity index (χ3v) is 13.5. The quantitative estimate of drug-likeness (QED) is 0.0264. The van der Waals surface area contributed by atoms with Crippen LogP contribution in [0.2, 0.25) is 0 Å². The van der Waals surface area contributed by atoms with E-state index in [2.05, 4.69) is 148 Å². The standard InChI is InChI=1S/C67H112NO8P/c1-3-5-7-9-11-13-15-17-19-21-22-23-24-25-26-27-28-29-30-31-32-33-34-35-36-37-38-39-40-41-42-44-46-48-50-52-54-56-58-60-67(70)76-65(64-75-77(71,72)74-62-61-68)63-73-66(69)59-57-55-53-51-49-47-45-43-20-18-16-14-12-10-8-6-4-2/h5,7,11-14,17-20,22-23,25-26,28-29,31-32,34-35,37-38,65H,3-4,6,8-10,15-16,21,24,27,30,33,36,39-64,68H2,1-2H3,(H,71,72)/b7-5-,13-11-,14-12-,19-17-,20-18-,23-22-,26-25-,29-28-,32-31-,35-34-,38-37-. The van der Waals surface area contributed by atoms with Crippen molar-refractivity contribution in [3.8, 4) is 0 Å². The first kappa shape index (κ1) is 73.2. The molecule has 9 nitrogen and oxygen atoms in total. The van der Waals surface area contributed by atoms with E-state index >= 15 is 0 Å². The van der Waals surface area contributed by atoms with Gasteiger partial charge in [-0.25, -0.2) is 4.57 Å². The van der Waals surface area contributed by atoms with Crippen LogP contribution in [-0.4, -0.2) is 49.3 Å². The molecule has 0 amide bonds. The van der Waals surface area contributed by atoms with Gasteiger partial charge in [0.2, 0.25) is 0 Å². The zero-order valence-corrected chi connectivity index (χ0v) is 49.8. The Balaban J connectivity index is 3.96. The van der Waals surface area contributed by atoms with Gasteiger partial charge in [-0.15, -0.1) is 0 Å².